The van der Waals surface area contributed by atoms with Crippen LogP contribution in [-0.4, -0.2) is 54.2 Å². The lowest BCUT2D eigenvalue weighted by atomic mass is 10.5. The van der Waals surface area contributed by atoms with Gasteiger partial charge in [0.05, 0.1) is 5.33 Å². The van der Waals surface area contributed by atoms with Gasteiger partial charge in [0, 0.05) is 24.3 Å². The Balaban J connectivity index is 2.85. The lowest BCUT2D eigenvalue weighted by molar-refractivity contribution is -0.128. The van der Waals surface area contributed by atoms with E-state index in [1.165, 1.54) is 11.2 Å². The molecule has 1 rings (SSSR count). The van der Waals surface area contributed by atoms with Crippen LogP contribution < -0.4 is 0 Å². The normalized spacial score (nSPS) is 23.6. The zero-order valence-electron chi connectivity index (χ0n) is 7.77. The standard InChI is InChI=1S/C7H12BrNO3S2/c1-14(11,12)7-5-13-3-2-9(7)6(10)4-8/h7H,2-5H2,1H3. The van der Waals surface area contributed by atoms with Crippen LogP contribution in [0, 0.1) is 0 Å². The quantitative estimate of drug-likeness (QED) is 0.690. The van der Waals surface area contributed by atoms with Crippen molar-refractivity contribution >= 4 is 43.4 Å². The molecule has 82 valence electrons. The van der Waals surface area contributed by atoms with Gasteiger partial charge in [-0.3, -0.25) is 4.79 Å². The van der Waals surface area contributed by atoms with Crippen LogP contribution in [-0.2, 0) is 14.6 Å². The van der Waals surface area contributed by atoms with Gasteiger partial charge in [0.15, 0.2) is 9.84 Å². The van der Waals surface area contributed by atoms with E-state index in [0.29, 0.717) is 12.3 Å². The van der Waals surface area contributed by atoms with Crippen LogP contribution in [0.5, 0.6) is 0 Å². The summed E-state index contributed by atoms with van der Waals surface area (Å²) in [7, 11) is -3.17. The van der Waals surface area contributed by atoms with Gasteiger partial charge in [-0.25, -0.2) is 8.42 Å². The number of rotatable bonds is 2. The summed E-state index contributed by atoms with van der Waals surface area (Å²) in [6.07, 6.45) is 1.18. The Morgan fingerprint density at radius 1 is 1.64 bits per heavy atom. The minimum atomic E-state index is -3.17. The van der Waals surface area contributed by atoms with E-state index in [9.17, 15) is 13.2 Å². The zero-order chi connectivity index (χ0) is 10.8. The van der Waals surface area contributed by atoms with Gasteiger partial charge in [-0.15, -0.1) is 0 Å². The third-order valence-corrected chi connectivity index (χ3v) is 5.14. The Bertz CT molecular complexity index is 317. The molecule has 0 aromatic rings. The van der Waals surface area contributed by atoms with E-state index in [-0.39, 0.29) is 11.2 Å². The number of sulfone groups is 1. The molecule has 14 heavy (non-hydrogen) atoms. The first-order chi connectivity index (χ1) is 6.46. The highest BCUT2D eigenvalue weighted by molar-refractivity contribution is 9.09. The van der Waals surface area contributed by atoms with Crippen molar-refractivity contribution in [1.82, 2.24) is 4.90 Å². The fourth-order valence-electron chi connectivity index (χ4n) is 1.30. The summed E-state index contributed by atoms with van der Waals surface area (Å²) < 4.78 is 22.8. The number of hydrogen-bond donors (Lipinski definition) is 0. The molecule has 0 aromatic carbocycles. The molecule has 1 unspecified atom stereocenters. The lowest BCUT2D eigenvalue weighted by Gasteiger charge is -2.33. The second kappa shape index (κ2) is 4.85. The third-order valence-electron chi connectivity index (χ3n) is 2.01. The summed E-state index contributed by atoms with van der Waals surface area (Å²) in [6.45, 7) is 0.521. The number of hydrogen-bond acceptors (Lipinski definition) is 4. The molecular formula is C7H12BrNO3S2. The van der Waals surface area contributed by atoms with Gasteiger partial charge < -0.3 is 4.90 Å². The third kappa shape index (κ3) is 2.87. The summed E-state index contributed by atoms with van der Waals surface area (Å²) in [5, 5.41) is -0.463. The van der Waals surface area contributed by atoms with E-state index in [4.69, 9.17) is 0 Å². The number of halogens is 1. The SMILES string of the molecule is CS(=O)(=O)C1CSCCN1C(=O)CBr. The van der Waals surface area contributed by atoms with E-state index < -0.39 is 15.2 Å². The highest BCUT2D eigenvalue weighted by Gasteiger charge is 2.33. The van der Waals surface area contributed by atoms with Crippen molar-refractivity contribution in [3.63, 3.8) is 0 Å². The first-order valence-corrected chi connectivity index (χ1v) is 8.32. The Morgan fingerprint density at radius 3 is 2.79 bits per heavy atom. The first kappa shape index (κ1) is 12.3. The molecule has 1 saturated heterocycles. The summed E-state index contributed by atoms with van der Waals surface area (Å²) in [6, 6.07) is 0. The second-order valence-corrected chi connectivity index (χ2v) is 6.99. The highest BCUT2D eigenvalue weighted by atomic mass is 79.9. The molecule has 0 aliphatic carbocycles. The molecular weight excluding hydrogens is 290 g/mol. The molecule has 1 amide bonds. The number of carbonyl (C=O) groups excluding carboxylic acids is 1. The number of thioether (sulfide) groups is 1. The first-order valence-electron chi connectivity index (χ1n) is 4.09. The van der Waals surface area contributed by atoms with Crippen LogP contribution in [0.1, 0.15) is 0 Å². The van der Waals surface area contributed by atoms with Crippen molar-refractivity contribution in [2.45, 2.75) is 5.37 Å². The topological polar surface area (TPSA) is 54.5 Å². The highest BCUT2D eigenvalue weighted by Crippen LogP contribution is 2.20. The largest absolute Gasteiger partial charge is 0.323 e. The summed E-state index contributed by atoms with van der Waals surface area (Å²) >= 11 is 4.62. The molecule has 1 heterocycles. The maximum absolute atomic E-state index is 11.4. The fraction of sp³-hybridized carbons (Fsp3) is 0.857. The van der Waals surface area contributed by atoms with Gasteiger partial charge in [-0.05, 0) is 0 Å². The minimum Gasteiger partial charge on any atom is -0.323 e. The summed E-state index contributed by atoms with van der Waals surface area (Å²) in [4.78, 5) is 12.9. The van der Waals surface area contributed by atoms with Crippen molar-refractivity contribution in [3.05, 3.63) is 0 Å². The van der Waals surface area contributed by atoms with Crippen LogP contribution in [0.15, 0.2) is 0 Å². The van der Waals surface area contributed by atoms with Crippen molar-refractivity contribution in [2.75, 3.05) is 29.6 Å². The molecule has 0 radical (unpaired) electrons. The Hall–Kier alpha value is 0.250. The summed E-state index contributed by atoms with van der Waals surface area (Å²) in [5.74, 6) is 1.14. The Labute approximate surface area is 96.5 Å². The van der Waals surface area contributed by atoms with Crippen molar-refractivity contribution in [1.29, 1.82) is 0 Å². The smallest absolute Gasteiger partial charge is 0.234 e. The van der Waals surface area contributed by atoms with Gasteiger partial charge in [0.25, 0.3) is 0 Å². The van der Waals surface area contributed by atoms with Crippen LogP contribution in [0.4, 0.5) is 0 Å². The van der Waals surface area contributed by atoms with Gasteiger partial charge in [-0.2, -0.15) is 11.8 Å². The molecule has 0 aromatic heterocycles. The molecule has 1 aliphatic heterocycles. The fourth-order valence-corrected chi connectivity index (χ4v) is 4.46. The molecule has 0 bridgehead atoms. The molecule has 1 atom stereocenters. The van der Waals surface area contributed by atoms with E-state index in [2.05, 4.69) is 15.9 Å². The summed E-state index contributed by atoms with van der Waals surface area (Å²) in [5.41, 5.74) is 0. The van der Waals surface area contributed by atoms with E-state index in [1.807, 2.05) is 0 Å². The average molecular weight is 302 g/mol. The van der Waals surface area contributed by atoms with Gasteiger partial charge in [0.2, 0.25) is 5.91 Å². The molecule has 0 spiro atoms. The number of alkyl halides is 1. The number of amides is 1. The van der Waals surface area contributed by atoms with Crippen molar-refractivity contribution < 1.29 is 13.2 Å². The van der Waals surface area contributed by atoms with Crippen molar-refractivity contribution in [3.8, 4) is 0 Å². The van der Waals surface area contributed by atoms with Crippen LogP contribution >= 0.6 is 27.7 Å². The van der Waals surface area contributed by atoms with E-state index in [0.717, 1.165) is 5.75 Å². The monoisotopic (exact) mass is 301 g/mol. The average Bonchev–Trinajstić information content (AvgIpc) is 2.15. The zero-order valence-corrected chi connectivity index (χ0v) is 11.0. The molecule has 0 saturated carbocycles. The molecule has 7 heteroatoms. The van der Waals surface area contributed by atoms with Gasteiger partial charge >= 0.3 is 0 Å². The van der Waals surface area contributed by atoms with E-state index >= 15 is 0 Å². The van der Waals surface area contributed by atoms with Crippen LogP contribution in [0.3, 0.4) is 0 Å². The van der Waals surface area contributed by atoms with Gasteiger partial charge in [0.1, 0.15) is 5.37 Å². The van der Waals surface area contributed by atoms with Crippen LogP contribution in [0.2, 0.25) is 0 Å². The lowest BCUT2D eigenvalue weighted by Crippen LogP contribution is -2.50. The van der Waals surface area contributed by atoms with Crippen LogP contribution in [0.25, 0.3) is 0 Å². The molecule has 1 aliphatic rings. The second-order valence-electron chi connectivity index (χ2n) is 3.08. The molecule has 1 fully saturated rings. The Kier molecular flexibility index (Phi) is 4.27. The maximum atomic E-state index is 11.4. The van der Waals surface area contributed by atoms with E-state index in [1.54, 1.807) is 11.8 Å². The number of carbonyl (C=O) groups is 1. The predicted molar refractivity (Wildman–Crippen MR) is 61.5 cm³/mol. The molecule has 4 nitrogen and oxygen atoms in total. The maximum Gasteiger partial charge on any atom is 0.234 e. The predicted octanol–water partition coefficient (Wildman–Crippen LogP) is 0.327. The molecule has 0 N–H and O–H groups in total. The minimum absolute atomic E-state index is 0.152. The van der Waals surface area contributed by atoms with Gasteiger partial charge in [-0.1, -0.05) is 15.9 Å². The number of nitrogens with zero attached hydrogens (tertiary/aromatic N) is 1. The Morgan fingerprint density at radius 2 is 2.29 bits per heavy atom. The van der Waals surface area contributed by atoms with Crippen molar-refractivity contribution in [2.24, 2.45) is 0 Å².